The molecule has 3 rings (SSSR count). The summed E-state index contributed by atoms with van der Waals surface area (Å²) in [5.41, 5.74) is 1.96. The van der Waals surface area contributed by atoms with E-state index in [9.17, 15) is 19.2 Å². The van der Waals surface area contributed by atoms with Gasteiger partial charge in [-0.25, -0.2) is 4.79 Å². The lowest BCUT2D eigenvalue weighted by Gasteiger charge is -2.08. The van der Waals surface area contributed by atoms with E-state index >= 15 is 0 Å². The van der Waals surface area contributed by atoms with Crippen molar-refractivity contribution in [2.75, 3.05) is 18.5 Å². The molecular weight excluding hydrogens is 452 g/mol. The summed E-state index contributed by atoms with van der Waals surface area (Å²) in [4.78, 5) is 49.3. The molecule has 0 atom stereocenters. The van der Waals surface area contributed by atoms with E-state index in [1.54, 1.807) is 25.3 Å². The Labute approximate surface area is 192 Å². The number of anilines is 1. The van der Waals surface area contributed by atoms with Crippen molar-refractivity contribution < 1.29 is 23.9 Å². The highest BCUT2D eigenvalue weighted by Crippen LogP contribution is 2.35. The van der Waals surface area contributed by atoms with Crippen LogP contribution in [0.2, 0.25) is 0 Å². The summed E-state index contributed by atoms with van der Waals surface area (Å²) in [6, 6.07) is 11.1. The number of thiazole rings is 1. The van der Waals surface area contributed by atoms with Crippen molar-refractivity contribution in [2.24, 2.45) is 0 Å². The SMILES string of the molecule is CCOC(=O)c1sc(-c2ccccc2)cc1NC(=O)COC(=O)CCn1c(C)csc1=O. The first-order valence-corrected chi connectivity index (χ1v) is 11.6. The van der Waals surface area contributed by atoms with Gasteiger partial charge < -0.3 is 19.4 Å². The largest absolute Gasteiger partial charge is 0.462 e. The molecule has 0 aliphatic carbocycles. The van der Waals surface area contributed by atoms with Gasteiger partial charge in [0.05, 0.1) is 18.7 Å². The number of amides is 1. The van der Waals surface area contributed by atoms with Gasteiger partial charge in [0.15, 0.2) is 6.61 Å². The summed E-state index contributed by atoms with van der Waals surface area (Å²) in [5, 5.41) is 4.34. The minimum absolute atomic E-state index is 0.0323. The lowest BCUT2D eigenvalue weighted by Crippen LogP contribution is -2.23. The molecule has 0 bridgehead atoms. The van der Waals surface area contributed by atoms with Crippen LogP contribution in [-0.4, -0.2) is 35.6 Å². The zero-order chi connectivity index (χ0) is 23.1. The summed E-state index contributed by atoms with van der Waals surface area (Å²) in [7, 11) is 0. The van der Waals surface area contributed by atoms with Crippen LogP contribution in [0.4, 0.5) is 5.69 Å². The number of nitrogens with zero attached hydrogens (tertiary/aromatic N) is 1. The molecule has 168 valence electrons. The van der Waals surface area contributed by atoms with Crippen LogP contribution in [0, 0.1) is 6.92 Å². The minimum atomic E-state index is -0.599. The molecule has 0 fully saturated rings. The fraction of sp³-hybridized carbons (Fsp3) is 0.273. The molecule has 2 aromatic heterocycles. The van der Waals surface area contributed by atoms with Crippen LogP contribution in [0.5, 0.6) is 0 Å². The van der Waals surface area contributed by atoms with Crippen molar-refractivity contribution >= 4 is 46.2 Å². The standard InChI is InChI=1S/C22H22N2O6S2/c1-3-29-21(27)20-16(11-17(32-20)15-7-5-4-6-8-15)23-18(25)12-30-19(26)9-10-24-14(2)13-31-22(24)28/h4-8,11,13H,3,9-10,12H2,1-2H3,(H,23,25). The molecule has 1 aromatic carbocycles. The first-order chi connectivity index (χ1) is 15.4. The van der Waals surface area contributed by atoms with Crippen LogP contribution >= 0.6 is 22.7 Å². The number of hydrogen-bond acceptors (Lipinski definition) is 8. The predicted octanol–water partition coefficient (Wildman–Crippen LogP) is 3.70. The van der Waals surface area contributed by atoms with Gasteiger partial charge in [-0.3, -0.25) is 14.4 Å². The second kappa shape index (κ2) is 10.9. The van der Waals surface area contributed by atoms with Gasteiger partial charge in [-0.2, -0.15) is 0 Å². The quantitative estimate of drug-likeness (QED) is 0.475. The Hall–Kier alpha value is -3.24. The highest BCUT2D eigenvalue weighted by Gasteiger charge is 2.20. The molecule has 8 nitrogen and oxygen atoms in total. The van der Waals surface area contributed by atoms with E-state index in [1.165, 1.54) is 15.9 Å². The van der Waals surface area contributed by atoms with Crippen molar-refractivity contribution in [3.63, 3.8) is 0 Å². The van der Waals surface area contributed by atoms with Gasteiger partial charge in [0.25, 0.3) is 5.91 Å². The molecule has 0 radical (unpaired) electrons. The number of rotatable bonds is 9. The fourth-order valence-corrected chi connectivity index (χ4v) is 4.63. The van der Waals surface area contributed by atoms with E-state index < -0.39 is 24.5 Å². The number of aryl methyl sites for hydroxylation is 1. The van der Waals surface area contributed by atoms with E-state index in [-0.39, 0.29) is 29.3 Å². The van der Waals surface area contributed by atoms with Gasteiger partial charge in [-0.15, -0.1) is 11.3 Å². The number of benzene rings is 1. The molecule has 0 saturated heterocycles. The molecule has 2 heterocycles. The zero-order valence-corrected chi connectivity index (χ0v) is 19.2. The van der Waals surface area contributed by atoms with E-state index in [2.05, 4.69) is 5.32 Å². The van der Waals surface area contributed by atoms with Crippen molar-refractivity contribution in [3.05, 3.63) is 62.0 Å². The number of nitrogens with one attached hydrogen (secondary N) is 1. The number of hydrogen-bond donors (Lipinski definition) is 1. The Kier molecular flexibility index (Phi) is 7.96. The van der Waals surface area contributed by atoms with Crippen molar-refractivity contribution in [3.8, 4) is 10.4 Å². The summed E-state index contributed by atoms with van der Waals surface area (Å²) in [6.07, 6.45) is -0.0323. The summed E-state index contributed by atoms with van der Waals surface area (Å²) in [5.74, 6) is -1.72. The van der Waals surface area contributed by atoms with Crippen LogP contribution in [-0.2, 0) is 25.6 Å². The average Bonchev–Trinajstić information content (AvgIpc) is 3.34. The lowest BCUT2D eigenvalue weighted by atomic mass is 10.2. The molecule has 0 spiro atoms. The van der Waals surface area contributed by atoms with Crippen molar-refractivity contribution in [1.82, 2.24) is 4.57 Å². The minimum Gasteiger partial charge on any atom is -0.462 e. The number of aromatic nitrogens is 1. The Morgan fingerprint density at radius 2 is 1.88 bits per heavy atom. The Morgan fingerprint density at radius 1 is 1.12 bits per heavy atom. The number of carbonyl (C=O) groups is 3. The molecule has 1 N–H and O–H groups in total. The summed E-state index contributed by atoms with van der Waals surface area (Å²) >= 11 is 2.27. The van der Waals surface area contributed by atoms with Crippen molar-refractivity contribution in [1.29, 1.82) is 0 Å². The second-order valence-corrected chi connectivity index (χ2v) is 8.57. The number of esters is 2. The number of carbonyl (C=O) groups excluding carboxylic acids is 3. The van der Waals surface area contributed by atoms with Gasteiger partial charge >= 0.3 is 16.8 Å². The average molecular weight is 475 g/mol. The molecule has 3 aromatic rings. The highest BCUT2D eigenvalue weighted by molar-refractivity contribution is 7.18. The molecule has 0 aliphatic heterocycles. The predicted molar refractivity (Wildman–Crippen MR) is 123 cm³/mol. The van der Waals surface area contributed by atoms with Crippen LogP contribution in [0.3, 0.4) is 0 Å². The van der Waals surface area contributed by atoms with Gasteiger partial charge in [-0.1, -0.05) is 41.7 Å². The monoisotopic (exact) mass is 474 g/mol. The molecule has 0 saturated carbocycles. The Morgan fingerprint density at radius 3 is 2.53 bits per heavy atom. The Balaban J connectivity index is 1.62. The lowest BCUT2D eigenvalue weighted by molar-refractivity contribution is -0.147. The van der Waals surface area contributed by atoms with E-state index in [0.29, 0.717) is 5.69 Å². The smallest absolute Gasteiger partial charge is 0.350 e. The number of thiophene rings is 1. The van der Waals surface area contributed by atoms with Gasteiger partial charge in [0.1, 0.15) is 4.88 Å². The molecular formula is C22H22N2O6S2. The third kappa shape index (κ3) is 5.92. The molecule has 0 unspecified atom stereocenters. The van der Waals surface area contributed by atoms with Crippen LogP contribution in [0.25, 0.3) is 10.4 Å². The van der Waals surface area contributed by atoms with E-state index in [1.807, 2.05) is 30.3 Å². The molecule has 10 heteroatoms. The summed E-state index contributed by atoms with van der Waals surface area (Å²) in [6.45, 7) is 3.37. The Bertz CT molecular complexity index is 1160. The van der Waals surface area contributed by atoms with Gasteiger partial charge in [0.2, 0.25) is 0 Å². The fourth-order valence-electron chi connectivity index (χ4n) is 2.86. The highest BCUT2D eigenvalue weighted by atomic mass is 32.1. The first-order valence-electron chi connectivity index (χ1n) is 9.85. The normalized spacial score (nSPS) is 10.6. The third-order valence-electron chi connectivity index (χ3n) is 4.41. The van der Waals surface area contributed by atoms with Crippen LogP contribution < -0.4 is 10.2 Å². The van der Waals surface area contributed by atoms with Crippen LogP contribution in [0.15, 0.2) is 46.6 Å². The van der Waals surface area contributed by atoms with E-state index in [0.717, 1.165) is 27.5 Å². The summed E-state index contributed by atoms with van der Waals surface area (Å²) < 4.78 is 11.6. The topological polar surface area (TPSA) is 104 Å². The van der Waals surface area contributed by atoms with Crippen molar-refractivity contribution in [2.45, 2.75) is 26.8 Å². The molecule has 1 amide bonds. The number of ether oxygens (including phenoxy) is 2. The maximum absolute atomic E-state index is 12.3. The van der Waals surface area contributed by atoms with Gasteiger partial charge in [-0.05, 0) is 25.5 Å². The first kappa shape index (κ1) is 23.4. The van der Waals surface area contributed by atoms with Gasteiger partial charge in [0, 0.05) is 22.5 Å². The maximum atomic E-state index is 12.3. The molecule has 32 heavy (non-hydrogen) atoms. The zero-order valence-electron chi connectivity index (χ0n) is 17.6. The third-order valence-corrected chi connectivity index (χ3v) is 6.45. The second-order valence-electron chi connectivity index (χ2n) is 6.69. The molecule has 0 aliphatic rings. The maximum Gasteiger partial charge on any atom is 0.350 e. The van der Waals surface area contributed by atoms with Crippen LogP contribution in [0.1, 0.15) is 28.7 Å². The van der Waals surface area contributed by atoms with E-state index in [4.69, 9.17) is 9.47 Å².